The Kier molecular flexibility index (Phi) is 14.5. The van der Waals surface area contributed by atoms with Crippen molar-refractivity contribution in [1.82, 2.24) is 19.9 Å². The summed E-state index contributed by atoms with van der Waals surface area (Å²) < 4.78 is 54.4. The van der Waals surface area contributed by atoms with Crippen LogP contribution in [-0.2, 0) is 50.3 Å². The molecule has 2 aliphatic rings. The summed E-state index contributed by atoms with van der Waals surface area (Å²) in [6.07, 6.45) is -0.566. The third-order valence-corrected chi connectivity index (χ3v) is 15.0. The first kappa shape index (κ1) is 47.8. The normalized spacial score (nSPS) is 15.8. The number of nitriles is 1. The number of nitrogens with one attached hydrogen (secondary N) is 3. The number of thiazole rings is 1. The van der Waals surface area contributed by atoms with E-state index >= 15 is 0 Å². The fourth-order valence-corrected chi connectivity index (χ4v) is 11.0. The van der Waals surface area contributed by atoms with E-state index in [2.05, 4.69) is 27.0 Å². The highest BCUT2D eigenvalue weighted by molar-refractivity contribution is 7.89. The molecule has 0 spiro atoms. The molecule has 0 aliphatic carbocycles. The minimum atomic E-state index is -4.55. The van der Waals surface area contributed by atoms with E-state index in [1.807, 2.05) is 66.7 Å². The summed E-state index contributed by atoms with van der Waals surface area (Å²) in [4.78, 5) is 44.8. The predicted octanol–water partition coefficient (Wildman–Crippen LogP) is 8.55. The van der Waals surface area contributed by atoms with Gasteiger partial charge in [0, 0.05) is 24.4 Å². The number of halogens is 2. The molecule has 0 saturated heterocycles. The highest BCUT2D eigenvalue weighted by atomic mass is 35.5. The maximum atomic E-state index is 14.8. The Morgan fingerprint density at radius 1 is 0.926 bits per heavy atom. The fraction of sp³-hybridized carbons (Fsp3) is 0.245. The van der Waals surface area contributed by atoms with Gasteiger partial charge in [0.25, 0.3) is 10.0 Å². The zero-order valence-electron chi connectivity index (χ0n) is 36.9. The van der Waals surface area contributed by atoms with E-state index < -0.39 is 46.1 Å². The third-order valence-electron chi connectivity index (χ3n) is 11.4. The van der Waals surface area contributed by atoms with E-state index in [-0.39, 0.29) is 47.6 Å². The summed E-state index contributed by atoms with van der Waals surface area (Å²) in [6.45, 7) is 3.83. The van der Waals surface area contributed by atoms with Gasteiger partial charge in [0.1, 0.15) is 31.0 Å². The monoisotopic (exact) mass is 994 g/mol. The lowest BCUT2D eigenvalue weighted by Crippen LogP contribution is -2.56. The van der Waals surface area contributed by atoms with Gasteiger partial charge in [0.15, 0.2) is 27.8 Å². The lowest BCUT2D eigenvalue weighted by atomic mass is 9.93. The molecule has 68 heavy (non-hydrogen) atoms. The summed E-state index contributed by atoms with van der Waals surface area (Å²) in [6, 6.07) is 29.7. The molecular formula is C49H44Cl2N6O9S2. The average Bonchev–Trinajstić information content (AvgIpc) is 3.72. The van der Waals surface area contributed by atoms with Crippen molar-refractivity contribution < 1.29 is 41.7 Å². The zero-order valence-corrected chi connectivity index (χ0v) is 40.0. The number of benzene rings is 5. The lowest BCUT2D eigenvalue weighted by molar-refractivity contribution is -0.145. The van der Waals surface area contributed by atoms with E-state index in [9.17, 15) is 28.1 Å². The van der Waals surface area contributed by atoms with Gasteiger partial charge in [0.05, 0.1) is 28.8 Å². The Morgan fingerprint density at radius 3 is 2.29 bits per heavy atom. The number of aromatic nitrogens is 1. The van der Waals surface area contributed by atoms with Gasteiger partial charge >= 0.3 is 12.0 Å². The van der Waals surface area contributed by atoms with Crippen LogP contribution in [0.2, 0.25) is 10.0 Å². The number of urea groups is 1. The van der Waals surface area contributed by atoms with Gasteiger partial charge in [-0.2, -0.15) is 9.57 Å². The number of hydrogen-bond acceptors (Lipinski definition) is 12. The first-order valence-electron chi connectivity index (χ1n) is 21.4. The molecular weight excluding hydrogens is 952 g/mol. The Morgan fingerprint density at radius 2 is 1.62 bits per heavy atom. The molecule has 0 radical (unpaired) electrons. The number of anilines is 1. The highest BCUT2D eigenvalue weighted by Crippen LogP contribution is 2.42. The molecule has 350 valence electrons. The molecule has 0 bridgehead atoms. The standard InChI is InChI=1S/C49H44Cl2N6O9S2/c1-4-53-48(60)56-49-55-46(28(2)67-49)68(61,62)57-25-36-23-43-42(65-27-44(66-43)34-14-16-37(17-15-34)64-26-31-9-18-38(50)39(51)19-31)22-35(36)21-41(57)45(58)54-40(47(59)63-3)20-29-5-10-32(11-6-29)33-12-7-30(24-52)8-13-33/h5-19,22-23,40-41,44H,4,20-21,25-27H2,1-3H3,(H,54,58)(H2,53,55,56,60)/t40?,41-,44?/m0/s1. The van der Waals surface area contributed by atoms with Crippen LogP contribution in [-0.4, -0.2) is 68.0 Å². The molecule has 0 saturated carbocycles. The van der Waals surface area contributed by atoms with Gasteiger partial charge in [0.2, 0.25) is 5.91 Å². The number of nitrogens with zero attached hydrogens (tertiary/aromatic N) is 3. The number of ether oxygens (including phenoxy) is 4. The minimum absolute atomic E-state index is 0.0382. The number of hydrogen-bond donors (Lipinski definition) is 3. The molecule has 2 aliphatic heterocycles. The average molecular weight is 996 g/mol. The van der Waals surface area contributed by atoms with E-state index in [0.29, 0.717) is 56.1 Å². The second kappa shape index (κ2) is 20.7. The van der Waals surface area contributed by atoms with Gasteiger partial charge in [-0.25, -0.2) is 23.0 Å². The second-order valence-corrected chi connectivity index (χ2v) is 19.7. The maximum absolute atomic E-state index is 14.8. The summed E-state index contributed by atoms with van der Waals surface area (Å²) in [5.74, 6) is -0.0336. The van der Waals surface area contributed by atoms with Crippen molar-refractivity contribution in [3.63, 3.8) is 0 Å². The van der Waals surface area contributed by atoms with Crippen LogP contribution in [0, 0.1) is 18.3 Å². The molecule has 6 aromatic rings. The molecule has 19 heteroatoms. The van der Waals surface area contributed by atoms with Gasteiger partial charge < -0.3 is 29.6 Å². The van der Waals surface area contributed by atoms with Crippen LogP contribution < -0.4 is 30.2 Å². The summed E-state index contributed by atoms with van der Waals surface area (Å²) in [7, 11) is -3.34. The predicted molar refractivity (Wildman–Crippen MR) is 257 cm³/mol. The number of fused-ring (bicyclic) bond motifs is 2. The third kappa shape index (κ3) is 10.7. The van der Waals surface area contributed by atoms with Crippen molar-refractivity contribution in [2.45, 2.75) is 63.1 Å². The molecule has 2 unspecified atom stereocenters. The van der Waals surface area contributed by atoms with Gasteiger partial charge in [-0.15, -0.1) is 11.3 Å². The molecule has 3 N–H and O–H groups in total. The first-order chi connectivity index (χ1) is 32.7. The number of aryl methyl sites for hydroxylation is 1. The second-order valence-electron chi connectivity index (χ2n) is 15.9. The quantitative estimate of drug-likeness (QED) is 0.0884. The highest BCUT2D eigenvalue weighted by Gasteiger charge is 2.43. The number of methoxy groups -OCH3 is 1. The summed E-state index contributed by atoms with van der Waals surface area (Å²) >= 11 is 13.2. The van der Waals surface area contributed by atoms with Crippen LogP contribution in [0.4, 0.5) is 9.93 Å². The van der Waals surface area contributed by atoms with Crippen molar-refractivity contribution in [2.24, 2.45) is 0 Å². The van der Waals surface area contributed by atoms with Crippen molar-refractivity contribution in [1.29, 1.82) is 5.26 Å². The maximum Gasteiger partial charge on any atom is 0.328 e. The van der Waals surface area contributed by atoms with Crippen molar-refractivity contribution in [3.8, 4) is 34.4 Å². The number of sulfonamides is 1. The van der Waals surface area contributed by atoms with Crippen molar-refractivity contribution >= 4 is 67.6 Å². The Hall–Kier alpha value is -6.68. The molecule has 5 aromatic carbocycles. The van der Waals surface area contributed by atoms with Crippen molar-refractivity contribution in [2.75, 3.05) is 25.6 Å². The van der Waals surface area contributed by atoms with E-state index in [0.717, 1.165) is 37.9 Å². The smallest absolute Gasteiger partial charge is 0.328 e. The zero-order chi connectivity index (χ0) is 48.1. The van der Waals surface area contributed by atoms with Gasteiger partial charge in [-0.1, -0.05) is 77.8 Å². The van der Waals surface area contributed by atoms with Crippen molar-refractivity contribution in [3.05, 3.63) is 151 Å². The fourth-order valence-electron chi connectivity index (χ4n) is 7.84. The van der Waals surface area contributed by atoms with Gasteiger partial charge in [-0.05, 0) is 108 Å². The number of carbonyl (C=O) groups excluding carboxylic acids is 3. The Balaban J connectivity index is 1.04. The van der Waals surface area contributed by atoms with Gasteiger partial charge in [-0.3, -0.25) is 10.1 Å². The topological polar surface area (TPSA) is 198 Å². The molecule has 15 nitrogen and oxygen atoms in total. The molecule has 0 fully saturated rings. The number of carbonyl (C=O) groups is 3. The van der Waals surface area contributed by atoms with Crippen LogP contribution in [0.1, 0.15) is 51.3 Å². The lowest BCUT2D eigenvalue weighted by Gasteiger charge is -2.36. The van der Waals surface area contributed by atoms with Crippen LogP contribution in [0.3, 0.4) is 0 Å². The van der Waals surface area contributed by atoms with Crippen LogP contribution >= 0.6 is 34.5 Å². The van der Waals surface area contributed by atoms with Crippen LogP contribution in [0.5, 0.6) is 17.2 Å². The van der Waals surface area contributed by atoms with Crippen LogP contribution in [0.15, 0.2) is 108 Å². The Labute approximate surface area is 407 Å². The summed E-state index contributed by atoms with van der Waals surface area (Å²) in [5, 5.41) is 17.8. The molecule has 1 aromatic heterocycles. The van der Waals surface area contributed by atoms with E-state index in [4.69, 9.17) is 42.1 Å². The summed E-state index contributed by atoms with van der Waals surface area (Å²) in [5.41, 5.74) is 5.88. The number of amides is 3. The largest absolute Gasteiger partial charge is 0.489 e. The van der Waals surface area contributed by atoms with E-state index in [1.54, 1.807) is 50.2 Å². The molecule has 8 rings (SSSR count). The van der Waals surface area contributed by atoms with Crippen LogP contribution in [0.25, 0.3) is 11.1 Å². The molecule has 3 atom stereocenters. The Bertz CT molecular complexity index is 3020. The molecule has 3 heterocycles. The first-order valence-corrected chi connectivity index (χ1v) is 24.4. The number of rotatable bonds is 14. The minimum Gasteiger partial charge on any atom is -0.489 e. The van der Waals surface area contributed by atoms with E-state index in [1.165, 1.54) is 7.11 Å². The SMILES string of the molecule is CCNC(=O)Nc1nc(S(=O)(=O)N2Cc3cc4c(cc3C[C@H]2C(=O)NC(Cc2ccc(-c3ccc(C#N)cc3)cc2)C(=O)OC)OCC(c2ccc(OCc3ccc(Cl)c(Cl)c3)cc2)O4)c(C)s1. The number of esters is 1. The molecule has 3 amide bonds.